The van der Waals surface area contributed by atoms with Gasteiger partial charge in [-0.2, -0.15) is 0 Å². The van der Waals surface area contributed by atoms with E-state index in [-0.39, 0.29) is 11.4 Å². The Labute approximate surface area is 98.0 Å². The van der Waals surface area contributed by atoms with Crippen LogP contribution < -0.4 is 5.32 Å². The minimum absolute atomic E-state index is 0.287. The first-order valence-electron chi connectivity index (χ1n) is 6.31. The first kappa shape index (κ1) is 11.9. The molecular formula is C12H23N3O. The minimum atomic E-state index is -0.323. The van der Waals surface area contributed by atoms with Crippen molar-refractivity contribution in [1.82, 2.24) is 15.1 Å². The summed E-state index contributed by atoms with van der Waals surface area (Å²) in [4.78, 5) is 16.7. The van der Waals surface area contributed by atoms with E-state index in [0.29, 0.717) is 6.04 Å². The highest BCUT2D eigenvalue weighted by Crippen LogP contribution is 2.24. The highest BCUT2D eigenvalue weighted by molar-refractivity contribution is 5.88. The van der Waals surface area contributed by atoms with Gasteiger partial charge in [-0.05, 0) is 39.8 Å². The Morgan fingerprint density at radius 2 is 2.31 bits per heavy atom. The van der Waals surface area contributed by atoms with E-state index in [1.165, 1.54) is 6.42 Å². The maximum absolute atomic E-state index is 12.3. The summed E-state index contributed by atoms with van der Waals surface area (Å²) in [5.74, 6) is 0.287. The van der Waals surface area contributed by atoms with Crippen molar-refractivity contribution in [1.29, 1.82) is 0 Å². The summed E-state index contributed by atoms with van der Waals surface area (Å²) in [6, 6.07) is 0.409. The monoisotopic (exact) mass is 225 g/mol. The van der Waals surface area contributed by atoms with Crippen LogP contribution in [0.4, 0.5) is 0 Å². The molecule has 1 amide bonds. The van der Waals surface area contributed by atoms with Gasteiger partial charge >= 0.3 is 0 Å². The molecule has 2 atom stereocenters. The third-order valence-electron chi connectivity index (χ3n) is 4.12. The van der Waals surface area contributed by atoms with E-state index in [4.69, 9.17) is 0 Å². The molecule has 2 fully saturated rings. The molecule has 0 aromatic heterocycles. The average molecular weight is 225 g/mol. The molecule has 2 saturated heterocycles. The van der Waals surface area contributed by atoms with Gasteiger partial charge in [-0.15, -0.1) is 0 Å². The van der Waals surface area contributed by atoms with E-state index < -0.39 is 0 Å². The van der Waals surface area contributed by atoms with Crippen LogP contribution in [-0.4, -0.2) is 54.1 Å². The Morgan fingerprint density at radius 3 is 2.88 bits per heavy atom. The zero-order chi connectivity index (χ0) is 11.8. The number of likely N-dealkylation sites (tertiary alicyclic amines) is 1. The highest BCUT2D eigenvalue weighted by atomic mass is 16.2. The molecule has 0 saturated carbocycles. The average Bonchev–Trinajstić information content (AvgIpc) is 2.57. The molecule has 4 heteroatoms. The van der Waals surface area contributed by atoms with Crippen LogP contribution in [0.5, 0.6) is 0 Å². The van der Waals surface area contributed by atoms with Gasteiger partial charge in [0, 0.05) is 12.6 Å². The third kappa shape index (κ3) is 1.96. The molecule has 16 heavy (non-hydrogen) atoms. The van der Waals surface area contributed by atoms with E-state index in [1.807, 2.05) is 11.8 Å². The SMILES string of the molecule is CCC1(C)NCN(C2CCCN(C)C2)C1=O. The largest absolute Gasteiger partial charge is 0.324 e. The number of piperidine rings is 1. The van der Waals surface area contributed by atoms with Crippen LogP contribution in [0, 0.1) is 0 Å². The lowest BCUT2D eigenvalue weighted by molar-refractivity contribution is -0.134. The quantitative estimate of drug-likeness (QED) is 0.749. The summed E-state index contributed by atoms with van der Waals surface area (Å²) in [5, 5.41) is 3.35. The van der Waals surface area contributed by atoms with Gasteiger partial charge in [-0.25, -0.2) is 0 Å². The maximum Gasteiger partial charge on any atom is 0.243 e. The number of carbonyl (C=O) groups is 1. The molecule has 4 nitrogen and oxygen atoms in total. The fraction of sp³-hybridized carbons (Fsp3) is 0.917. The second-order valence-corrected chi connectivity index (χ2v) is 5.35. The van der Waals surface area contributed by atoms with Crippen LogP contribution in [0.15, 0.2) is 0 Å². The number of rotatable bonds is 2. The predicted octanol–water partition coefficient (Wildman–Crippen LogP) is 0.639. The molecule has 0 aromatic rings. The van der Waals surface area contributed by atoms with Crippen molar-refractivity contribution in [3.8, 4) is 0 Å². The summed E-state index contributed by atoms with van der Waals surface area (Å²) in [6.45, 7) is 7.00. The van der Waals surface area contributed by atoms with Crippen molar-refractivity contribution in [2.24, 2.45) is 0 Å². The van der Waals surface area contributed by atoms with Crippen LogP contribution in [0.25, 0.3) is 0 Å². The number of nitrogens with zero attached hydrogens (tertiary/aromatic N) is 2. The minimum Gasteiger partial charge on any atom is -0.324 e. The topological polar surface area (TPSA) is 35.6 Å². The first-order chi connectivity index (χ1) is 7.57. The van der Waals surface area contributed by atoms with Gasteiger partial charge in [0.25, 0.3) is 0 Å². The molecule has 2 aliphatic rings. The van der Waals surface area contributed by atoms with E-state index in [1.54, 1.807) is 0 Å². The highest BCUT2D eigenvalue weighted by Gasteiger charge is 2.43. The van der Waals surface area contributed by atoms with E-state index in [0.717, 1.165) is 32.6 Å². The lowest BCUT2D eigenvalue weighted by Gasteiger charge is -2.36. The van der Waals surface area contributed by atoms with Gasteiger partial charge in [0.05, 0.1) is 12.2 Å². The summed E-state index contributed by atoms with van der Waals surface area (Å²) in [7, 11) is 2.14. The van der Waals surface area contributed by atoms with Crippen LogP contribution >= 0.6 is 0 Å². The number of nitrogens with one attached hydrogen (secondary N) is 1. The smallest absolute Gasteiger partial charge is 0.243 e. The Morgan fingerprint density at radius 1 is 1.56 bits per heavy atom. The van der Waals surface area contributed by atoms with Crippen molar-refractivity contribution in [3.63, 3.8) is 0 Å². The molecule has 0 radical (unpaired) electrons. The van der Waals surface area contributed by atoms with E-state index >= 15 is 0 Å². The van der Waals surface area contributed by atoms with Crippen molar-refractivity contribution >= 4 is 5.91 Å². The number of carbonyl (C=O) groups excluding carboxylic acids is 1. The van der Waals surface area contributed by atoms with E-state index in [9.17, 15) is 4.79 Å². The Hall–Kier alpha value is -0.610. The summed E-state index contributed by atoms with van der Waals surface area (Å²) >= 11 is 0. The summed E-state index contributed by atoms with van der Waals surface area (Å²) in [5.41, 5.74) is -0.323. The molecule has 2 rings (SSSR count). The van der Waals surface area contributed by atoms with Gasteiger partial charge in [0.2, 0.25) is 5.91 Å². The predicted molar refractivity (Wildman–Crippen MR) is 64.1 cm³/mol. The molecular weight excluding hydrogens is 202 g/mol. The molecule has 92 valence electrons. The second-order valence-electron chi connectivity index (χ2n) is 5.35. The standard InChI is InChI=1S/C12H23N3O/c1-4-12(2)11(16)15(9-13-12)10-6-5-7-14(3)8-10/h10,13H,4-9H2,1-3H3. The zero-order valence-electron chi connectivity index (χ0n) is 10.6. The lowest BCUT2D eigenvalue weighted by Crippen LogP contribution is -2.49. The van der Waals surface area contributed by atoms with Gasteiger partial charge in [0.1, 0.15) is 0 Å². The summed E-state index contributed by atoms with van der Waals surface area (Å²) in [6.07, 6.45) is 3.22. The Balaban J connectivity index is 2.03. The number of hydrogen-bond donors (Lipinski definition) is 1. The molecule has 2 aliphatic heterocycles. The van der Waals surface area contributed by atoms with Gasteiger partial charge in [-0.3, -0.25) is 10.1 Å². The molecule has 0 spiro atoms. The molecule has 0 aliphatic carbocycles. The molecule has 2 unspecified atom stereocenters. The summed E-state index contributed by atoms with van der Waals surface area (Å²) < 4.78 is 0. The van der Waals surface area contributed by atoms with Gasteiger partial charge in [0.15, 0.2) is 0 Å². The normalized spacial score (nSPS) is 37.1. The fourth-order valence-electron chi connectivity index (χ4n) is 2.69. The fourth-order valence-corrected chi connectivity index (χ4v) is 2.69. The second kappa shape index (κ2) is 4.34. The molecule has 0 bridgehead atoms. The number of likely N-dealkylation sites (N-methyl/N-ethyl adjacent to an activating group) is 1. The van der Waals surface area contributed by atoms with Crippen molar-refractivity contribution in [2.45, 2.75) is 44.7 Å². The molecule has 0 aromatic carbocycles. The Kier molecular flexibility index (Phi) is 3.22. The van der Waals surface area contributed by atoms with Crippen molar-refractivity contribution < 1.29 is 4.79 Å². The van der Waals surface area contributed by atoms with Crippen molar-refractivity contribution in [2.75, 3.05) is 26.8 Å². The third-order valence-corrected chi connectivity index (χ3v) is 4.12. The zero-order valence-corrected chi connectivity index (χ0v) is 10.6. The van der Waals surface area contributed by atoms with Gasteiger partial charge in [-0.1, -0.05) is 6.92 Å². The van der Waals surface area contributed by atoms with Crippen LogP contribution in [0.3, 0.4) is 0 Å². The van der Waals surface area contributed by atoms with Crippen LogP contribution in [0.2, 0.25) is 0 Å². The number of amides is 1. The maximum atomic E-state index is 12.3. The molecule has 2 heterocycles. The number of hydrogen-bond acceptors (Lipinski definition) is 3. The van der Waals surface area contributed by atoms with Crippen LogP contribution in [0.1, 0.15) is 33.1 Å². The van der Waals surface area contributed by atoms with Crippen molar-refractivity contribution in [3.05, 3.63) is 0 Å². The van der Waals surface area contributed by atoms with Crippen LogP contribution in [-0.2, 0) is 4.79 Å². The lowest BCUT2D eigenvalue weighted by atomic mass is 9.97. The Bertz CT molecular complexity index is 281. The van der Waals surface area contributed by atoms with Gasteiger partial charge < -0.3 is 9.80 Å². The molecule has 1 N–H and O–H groups in total. The first-order valence-corrected chi connectivity index (χ1v) is 6.31. The van der Waals surface area contributed by atoms with E-state index in [2.05, 4.69) is 24.2 Å².